The molecule has 0 spiro atoms. The number of amides is 2. The molecular formula is C22H18N2O5. The maximum atomic E-state index is 12.6. The van der Waals surface area contributed by atoms with Gasteiger partial charge in [0.1, 0.15) is 6.26 Å². The molecule has 0 atom stereocenters. The minimum atomic E-state index is -0.454. The van der Waals surface area contributed by atoms with Gasteiger partial charge in [-0.3, -0.25) is 9.59 Å². The van der Waals surface area contributed by atoms with Crippen molar-refractivity contribution in [1.82, 2.24) is 0 Å². The van der Waals surface area contributed by atoms with Crippen LogP contribution in [0, 0.1) is 0 Å². The summed E-state index contributed by atoms with van der Waals surface area (Å²) in [6.07, 6.45) is 3.61. The average Bonchev–Trinajstić information content (AvgIpc) is 3.42. The van der Waals surface area contributed by atoms with Gasteiger partial charge in [-0.2, -0.15) is 0 Å². The third-order valence-corrected chi connectivity index (χ3v) is 4.81. The third kappa shape index (κ3) is 3.62. The van der Waals surface area contributed by atoms with E-state index in [-0.39, 0.29) is 11.8 Å². The number of rotatable bonds is 4. The molecule has 146 valence electrons. The zero-order chi connectivity index (χ0) is 20.4. The molecule has 1 aromatic heterocycles. The highest BCUT2D eigenvalue weighted by molar-refractivity contribution is 6.08. The summed E-state index contributed by atoms with van der Waals surface area (Å²) in [6.45, 7) is 0.575. The number of carbonyl (C=O) groups is 3. The lowest BCUT2D eigenvalue weighted by Gasteiger charge is -2.16. The summed E-state index contributed by atoms with van der Waals surface area (Å²) in [5, 5.41) is 2.85. The first-order valence-electron chi connectivity index (χ1n) is 9.03. The predicted octanol–water partition coefficient (Wildman–Crippen LogP) is 3.52. The second-order valence-electron chi connectivity index (χ2n) is 6.59. The van der Waals surface area contributed by atoms with Crippen LogP contribution in [0.25, 0.3) is 0 Å². The molecule has 29 heavy (non-hydrogen) atoms. The number of furan rings is 1. The van der Waals surface area contributed by atoms with Crippen LogP contribution >= 0.6 is 0 Å². The van der Waals surface area contributed by atoms with E-state index in [1.54, 1.807) is 41.3 Å². The molecule has 1 aliphatic heterocycles. The van der Waals surface area contributed by atoms with E-state index in [1.807, 2.05) is 12.1 Å². The Hall–Kier alpha value is -3.87. The maximum Gasteiger partial charge on any atom is 0.337 e. The summed E-state index contributed by atoms with van der Waals surface area (Å²) in [5.74, 6) is -0.851. The van der Waals surface area contributed by atoms with Gasteiger partial charge in [0.2, 0.25) is 0 Å². The van der Waals surface area contributed by atoms with Crippen LogP contribution in [-0.4, -0.2) is 31.4 Å². The second-order valence-corrected chi connectivity index (χ2v) is 6.59. The van der Waals surface area contributed by atoms with Crippen molar-refractivity contribution in [2.24, 2.45) is 0 Å². The van der Waals surface area contributed by atoms with Crippen LogP contribution in [-0.2, 0) is 11.2 Å². The summed E-state index contributed by atoms with van der Waals surface area (Å²) in [5.41, 5.74) is 3.77. The van der Waals surface area contributed by atoms with Gasteiger partial charge in [-0.05, 0) is 60.5 Å². The summed E-state index contributed by atoms with van der Waals surface area (Å²) >= 11 is 0. The molecule has 7 heteroatoms. The van der Waals surface area contributed by atoms with E-state index in [2.05, 4.69) is 10.1 Å². The number of hydrogen-bond acceptors (Lipinski definition) is 5. The monoisotopic (exact) mass is 390 g/mol. The molecule has 3 aromatic rings. The highest BCUT2D eigenvalue weighted by Gasteiger charge is 2.26. The number of fused-ring (bicyclic) bond motifs is 1. The quantitative estimate of drug-likeness (QED) is 0.689. The first-order chi connectivity index (χ1) is 14.1. The molecule has 0 aliphatic carbocycles. The number of nitrogens with zero attached hydrogens (tertiary/aromatic N) is 1. The standard InChI is InChI=1S/C22H18N2O5/c1-28-22(27)15-4-2-14(3-5-15)20(25)23-18-6-7-19-16(12-18)8-10-24(19)21(26)17-9-11-29-13-17/h2-7,9,11-13H,8,10H2,1H3,(H,23,25). The Labute approximate surface area is 166 Å². The van der Waals surface area contributed by atoms with Crippen molar-refractivity contribution < 1.29 is 23.5 Å². The Morgan fingerprint density at radius 1 is 1.00 bits per heavy atom. The number of carbonyl (C=O) groups excluding carboxylic acids is 3. The fourth-order valence-electron chi connectivity index (χ4n) is 3.31. The number of hydrogen-bond donors (Lipinski definition) is 1. The van der Waals surface area contributed by atoms with Crippen LogP contribution in [0.2, 0.25) is 0 Å². The predicted molar refractivity (Wildman–Crippen MR) is 106 cm³/mol. The van der Waals surface area contributed by atoms with Gasteiger partial charge in [-0.1, -0.05) is 0 Å². The first kappa shape index (κ1) is 18.5. The molecule has 0 saturated heterocycles. The number of anilines is 2. The van der Waals surface area contributed by atoms with Gasteiger partial charge >= 0.3 is 5.97 Å². The topological polar surface area (TPSA) is 88.9 Å². The van der Waals surface area contributed by atoms with Crippen molar-refractivity contribution in [2.75, 3.05) is 23.9 Å². The lowest BCUT2D eigenvalue weighted by atomic mass is 10.1. The molecule has 0 radical (unpaired) electrons. The minimum Gasteiger partial charge on any atom is -0.472 e. The Kier molecular flexibility index (Phi) is 4.87. The van der Waals surface area contributed by atoms with Crippen LogP contribution in [0.15, 0.2) is 65.5 Å². The zero-order valence-electron chi connectivity index (χ0n) is 15.7. The van der Waals surface area contributed by atoms with Gasteiger partial charge < -0.3 is 19.4 Å². The van der Waals surface area contributed by atoms with Crippen molar-refractivity contribution in [3.63, 3.8) is 0 Å². The largest absolute Gasteiger partial charge is 0.472 e. The van der Waals surface area contributed by atoms with Gasteiger partial charge in [0.25, 0.3) is 11.8 Å². The minimum absolute atomic E-state index is 0.111. The molecule has 2 amide bonds. The van der Waals surface area contributed by atoms with E-state index >= 15 is 0 Å². The number of benzene rings is 2. The number of methoxy groups -OCH3 is 1. The van der Waals surface area contributed by atoms with Crippen LogP contribution in [0.4, 0.5) is 11.4 Å². The fraction of sp³-hybridized carbons (Fsp3) is 0.136. The van der Waals surface area contributed by atoms with Gasteiger partial charge in [0.05, 0.1) is 24.5 Å². The van der Waals surface area contributed by atoms with Crippen molar-refractivity contribution in [1.29, 1.82) is 0 Å². The Morgan fingerprint density at radius 3 is 2.45 bits per heavy atom. The lowest BCUT2D eigenvalue weighted by molar-refractivity contribution is 0.0600. The van der Waals surface area contributed by atoms with Crippen molar-refractivity contribution in [3.8, 4) is 0 Å². The molecule has 0 bridgehead atoms. The number of nitrogens with one attached hydrogen (secondary N) is 1. The average molecular weight is 390 g/mol. The van der Waals surface area contributed by atoms with Gasteiger partial charge in [0, 0.05) is 23.5 Å². The van der Waals surface area contributed by atoms with Crippen LogP contribution in [0.5, 0.6) is 0 Å². The molecule has 0 fully saturated rings. The first-order valence-corrected chi connectivity index (χ1v) is 9.03. The second kappa shape index (κ2) is 7.63. The zero-order valence-corrected chi connectivity index (χ0v) is 15.7. The van der Waals surface area contributed by atoms with E-state index in [4.69, 9.17) is 4.42 Å². The van der Waals surface area contributed by atoms with E-state index in [0.717, 1.165) is 11.3 Å². The number of ether oxygens (including phenoxy) is 1. The van der Waals surface area contributed by atoms with E-state index < -0.39 is 5.97 Å². The summed E-state index contributed by atoms with van der Waals surface area (Å²) in [6, 6.07) is 13.3. The molecule has 7 nitrogen and oxygen atoms in total. The van der Waals surface area contributed by atoms with Crippen molar-refractivity contribution in [2.45, 2.75) is 6.42 Å². The summed E-state index contributed by atoms with van der Waals surface area (Å²) in [7, 11) is 1.31. The highest BCUT2D eigenvalue weighted by atomic mass is 16.5. The molecule has 0 saturated carbocycles. The molecule has 4 rings (SSSR count). The SMILES string of the molecule is COC(=O)c1ccc(C(=O)Nc2ccc3c(c2)CCN3C(=O)c2ccoc2)cc1. The van der Waals surface area contributed by atoms with E-state index in [0.29, 0.717) is 35.3 Å². The van der Waals surface area contributed by atoms with Crippen LogP contribution in [0.1, 0.15) is 36.6 Å². The van der Waals surface area contributed by atoms with Crippen molar-refractivity contribution >= 4 is 29.2 Å². The van der Waals surface area contributed by atoms with E-state index in [9.17, 15) is 14.4 Å². The van der Waals surface area contributed by atoms with Gasteiger partial charge in [-0.25, -0.2) is 4.79 Å². The van der Waals surface area contributed by atoms with Crippen LogP contribution in [0.3, 0.4) is 0 Å². The number of esters is 1. The van der Waals surface area contributed by atoms with Gasteiger partial charge in [-0.15, -0.1) is 0 Å². The summed E-state index contributed by atoms with van der Waals surface area (Å²) < 4.78 is 9.65. The summed E-state index contributed by atoms with van der Waals surface area (Å²) in [4.78, 5) is 38.3. The lowest BCUT2D eigenvalue weighted by Crippen LogP contribution is -2.28. The Bertz CT molecular complexity index is 1070. The molecular weight excluding hydrogens is 372 g/mol. The maximum absolute atomic E-state index is 12.6. The molecule has 2 heterocycles. The Morgan fingerprint density at radius 2 is 1.76 bits per heavy atom. The molecule has 0 unspecified atom stereocenters. The Balaban J connectivity index is 1.48. The normalized spacial score (nSPS) is 12.4. The molecule has 1 N–H and O–H groups in total. The van der Waals surface area contributed by atoms with Gasteiger partial charge in [0.15, 0.2) is 0 Å². The molecule has 1 aliphatic rings. The van der Waals surface area contributed by atoms with E-state index in [1.165, 1.54) is 19.6 Å². The highest BCUT2D eigenvalue weighted by Crippen LogP contribution is 2.31. The van der Waals surface area contributed by atoms with Crippen LogP contribution < -0.4 is 10.2 Å². The fourth-order valence-corrected chi connectivity index (χ4v) is 3.31. The van der Waals surface area contributed by atoms with Crippen molar-refractivity contribution in [3.05, 3.63) is 83.3 Å². The third-order valence-electron chi connectivity index (χ3n) is 4.81. The molecule has 2 aromatic carbocycles. The smallest absolute Gasteiger partial charge is 0.337 e.